The molecular weight excluding hydrogens is 373 g/mol. The normalized spacial score (nSPS) is 11.9. The minimum atomic E-state index is -1.09. The number of amides is 1. The van der Waals surface area contributed by atoms with Gasteiger partial charge in [0.05, 0.1) is 5.69 Å². The maximum atomic E-state index is 13.6. The lowest BCUT2D eigenvalue weighted by atomic mass is 10.2. The number of anilines is 1. The van der Waals surface area contributed by atoms with Crippen molar-refractivity contribution >= 4 is 29.2 Å². The lowest BCUT2D eigenvalue weighted by Crippen LogP contribution is -2.30. The second kappa shape index (κ2) is 8.99. The number of esters is 1. The monoisotopic (exact) mass is 395 g/mol. The quantitative estimate of drug-likeness (QED) is 0.710. The van der Waals surface area contributed by atoms with Crippen LogP contribution in [-0.4, -0.2) is 27.8 Å². The third-order valence-corrected chi connectivity index (χ3v) is 4.47. The minimum Gasteiger partial charge on any atom is -0.449 e. The Morgan fingerprint density at radius 3 is 2.70 bits per heavy atom. The van der Waals surface area contributed by atoms with E-state index in [-0.39, 0.29) is 16.4 Å². The van der Waals surface area contributed by atoms with E-state index in [1.54, 1.807) is 30.7 Å². The molecule has 0 fully saturated rings. The number of carbonyl (C=O) groups is 2. The van der Waals surface area contributed by atoms with E-state index in [9.17, 15) is 14.0 Å². The number of nitrogens with zero attached hydrogens (tertiary/aromatic N) is 2. The molecule has 0 aliphatic carbocycles. The SMILES string of the molecule is CCCCn1nc(C)c(C(=O)O[C@H](C)C(=O)Nc2ccc(C)c(F)c2)c1Cl. The molecule has 1 amide bonds. The van der Waals surface area contributed by atoms with Gasteiger partial charge in [-0.15, -0.1) is 0 Å². The summed E-state index contributed by atoms with van der Waals surface area (Å²) in [7, 11) is 0. The molecule has 8 heteroatoms. The summed E-state index contributed by atoms with van der Waals surface area (Å²) >= 11 is 6.24. The van der Waals surface area contributed by atoms with Crippen LogP contribution in [0.3, 0.4) is 0 Å². The zero-order valence-electron chi connectivity index (χ0n) is 15.8. The maximum Gasteiger partial charge on any atom is 0.343 e. The van der Waals surface area contributed by atoms with Gasteiger partial charge in [-0.1, -0.05) is 31.0 Å². The number of benzene rings is 1. The number of ether oxygens (including phenoxy) is 1. The van der Waals surface area contributed by atoms with Crippen LogP contribution in [0.1, 0.15) is 48.3 Å². The summed E-state index contributed by atoms with van der Waals surface area (Å²) in [6, 6.07) is 4.33. The van der Waals surface area contributed by atoms with Crippen LogP contribution in [0.4, 0.5) is 10.1 Å². The Balaban J connectivity index is 2.05. The predicted molar refractivity (Wildman–Crippen MR) is 102 cm³/mol. The average Bonchev–Trinajstić information content (AvgIpc) is 2.89. The predicted octanol–water partition coefficient (Wildman–Crippen LogP) is 4.28. The molecule has 27 heavy (non-hydrogen) atoms. The van der Waals surface area contributed by atoms with Gasteiger partial charge in [0.2, 0.25) is 0 Å². The van der Waals surface area contributed by atoms with Gasteiger partial charge in [0.15, 0.2) is 6.10 Å². The Labute approximate surface area is 162 Å². The summed E-state index contributed by atoms with van der Waals surface area (Å²) in [5, 5.41) is 6.96. The van der Waals surface area contributed by atoms with Gasteiger partial charge in [-0.2, -0.15) is 5.10 Å². The molecule has 1 heterocycles. The molecule has 0 unspecified atom stereocenters. The van der Waals surface area contributed by atoms with Crippen LogP contribution in [0.25, 0.3) is 0 Å². The van der Waals surface area contributed by atoms with Crippen molar-refractivity contribution in [2.24, 2.45) is 0 Å². The summed E-state index contributed by atoms with van der Waals surface area (Å²) in [5.74, 6) is -1.73. The second-order valence-corrected chi connectivity index (χ2v) is 6.69. The van der Waals surface area contributed by atoms with Crippen LogP contribution < -0.4 is 5.32 Å². The van der Waals surface area contributed by atoms with Crippen molar-refractivity contribution < 1.29 is 18.7 Å². The molecule has 1 aromatic heterocycles. The summed E-state index contributed by atoms with van der Waals surface area (Å²) in [4.78, 5) is 24.7. The zero-order valence-corrected chi connectivity index (χ0v) is 16.6. The smallest absolute Gasteiger partial charge is 0.343 e. The number of unbranched alkanes of at least 4 members (excludes halogenated alkanes) is 1. The number of hydrogen-bond acceptors (Lipinski definition) is 4. The zero-order chi connectivity index (χ0) is 20.1. The van der Waals surface area contributed by atoms with Crippen molar-refractivity contribution in [3.05, 3.63) is 46.0 Å². The average molecular weight is 396 g/mol. The van der Waals surface area contributed by atoms with Gasteiger partial charge in [-0.05, 0) is 44.9 Å². The molecule has 2 rings (SSSR count). The molecule has 6 nitrogen and oxygen atoms in total. The summed E-state index contributed by atoms with van der Waals surface area (Å²) in [6.45, 7) is 7.35. The fourth-order valence-corrected chi connectivity index (χ4v) is 2.76. The van der Waals surface area contributed by atoms with E-state index in [0.717, 1.165) is 12.8 Å². The Morgan fingerprint density at radius 2 is 2.07 bits per heavy atom. The van der Waals surface area contributed by atoms with Crippen LogP contribution in [0, 0.1) is 19.7 Å². The molecule has 0 saturated heterocycles. The largest absolute Gasteiger partial charge is 0.449 e. The number of aryl methyl sites for hydroxylation is 3. The van der Waals surface area contributed by atoms with Crippen molar-refractivity contribution in [2.45, 2.75) is 53.2 Å². The molecule has 2 aromatic rings. The first-order valence-corrected chi connectivity index (χ1v) is 9.13. The molecular formula is C19H23ClFN3O3. The summed E-state index contributed by atoms with van der Waals surface area (Å²) < 4.78 is 20.4. The van der Waals surface area contributed by atoms with Crippen molar-refractivity contribution in [2.75, 3.05) is 5.32 Å². The van der Waals surface area contributed by atoms with Crippen LogP contribution in [0.15, 0.2) is 18.2 Å². The molecule has 1 aromatic carbocycles. The number of nitrogens with one attached hydrogen (secondary N) is 1. The molecule has 146 valence electrons. The van der Waals surface area contributed by atoms with Gasteiger partial charge in [0.1, 0.15) is 16.5 Å². The number of halogens is 2. The molecule has 0 aliphatic rings. The van der Waals surface area contributed by atoms with Gasteiger partial charge >= 0.3 is 5.97 Å². The van der Waals surface area contributed by atoms with Gasteiger partial charge < -0.3 is 10.1 Å². The Hall–Kier alpha value is -2.41. The van der Waals surface area contributed by atoms with Gasteiger partial charge in [0, 0.05) is 12.2 Å². The first kappa shape index (κ1) is 20.9. The molecule has 1 N–H and O–H groups in total. The highest BCUT2D eigenvalue weighted by atomic mass is 35.5. The highest BCUT2D eigenvalue weighted by molar-refractivity contribution is 6.32. The van der Waals surface area contributed by atoms with E-state index in [1.165, 1.54) is 13.0 Å². The van der Waals surface area contributed by atoms with Crippen molar-refractivity contribution in [3.63, 3.8) is 0 Å². The van der Waals surface area contributed by atoms with E-state index < -0.39 is 23.8 Å². The molecule has 0 saturated carbocycles. The first-order valence-electron chi connectivity index (χ1n) is 8.75. The lowest BCUT2D eigenvalue weighted by molar-refractivity contribution is -0.123. The lowest BCUT2D eigenvalue weighted by Gasteiger charge is -2.14. The van der Waals surface area contributed by atoms with Crippen molar-refractivity contribution in [1.29, 1.82) is 0 Å². The summed E-state index contributed by atoms with van der Waals surface area (Å²) in [5.41, 5.74) is 1.34. The molecule has 0 aliphatic heterocycles. The van der Waals surface area contributed by atoms with Crippen LogP contribution in [0.2, 0.25) is 5.15 Å². The second-order valence-electron chi connectivity index (χ2n) is 6.33. The molecule has 0 spiro atoms. The number of hydrogen-bond donors (Lipinski definition) is 1. The van der Waals surface area contributed by atoms with Crippen molar-refractivity contribution in [1.82, 2.24) is 9.78 Å². The molecule has 1 atom stereocenters. The van der Waals surface area contributed by atoms with Gasteiger partial charge in [-0.3, -0.25) is 9.48 Å². The Bertz CT molecular complexity index is 851. The number of rotatable bonds is 7. The fraction of sp³-hybridized carbons (Fsp3) is 0.421. The number of carbonyl (C=O) groups excluding carboxylic acids is 2. The van der Waals surface area contributed by atoms with Gasteiger partial charge in [-0.25, -0.2) is 9.18 Å². The third-order valence-electron chi connectivity index (χ3n) is 4.09. The third kappa shape index (κ3) is 5.07. The Morgan fingerprint density at radius 1 is 1.37 bits per heavy atom. The topological polar surface area (TPSA) is 73.2 Å². The van der Waals surface area contributed by atoms with E-state index >= 15 is 0 Å². The Kier molecular flexibility index (Phi) is 6.96. The fourth-order valence-electron chi connectivity index (χ4n) is 2.43. The van der Waals surface area contributed by atoms with Crippen LogP contribution >= 0.6 is 11.6 Å². The van der Waals surface area contributed by atoms with E-state index in [0.29, 0.717) is 17.8 Å². The van der Waals surface area contributed by atoms with Crippen molar-refractivity contribution in [3.8, 4) is 0 Å². The maximum absolute atomic E-state index is 13.6. The standard InChI is InChI=1S/C19H23ClFN3O3/c1-5-6-9-24-17(20)16(12(3)23-24)19(26)27-13(4)18(25)22-14-8-7-11(2)15(21)10-14/h7-8,10,13H,5-6,9H2,1-4H3,(H,22,25)/t13-/m1/s1. The van der Waals surface area contributed by atoms with E-state index in [4.69, 9.17) is 16.3 Å². The van der Waals surface area contributed by atoms with Crippen LogP contribution in [-0.2, 0) is 16.1 Å². The minimum absolute atomic E-state index is 0.147. The molecule has 0 radical (unpaired) electrons. The summed E-state index contributed by atoms with van der Waals surface area (Å²) in [6.07, 6.45) is 0.754. The molecule has 0 bridgehead atoms. The van der Waals surface area contributed by atoms with Crippen LogP contribution in [0.5, 0.6) is 0 Å². The van der Waals surface area contributed by atoms with E-state index in [2.05, 4.69) is 10.4 Å². The highest BCUT2D eigenvalue weighted by Gasteiger charge is 2.25. The van der Waals surface area contributed by atoms with E-state index in [1.807, 2.05) is 6.92 Å². The highest BCUT2D eigenvalue weighted by Crippen LogP contribution is 2.22. The first-order chi connectivity index (χ1) is 12.7. The number of aromatic nitrogens is 2. The van der Waals surface area contributed by atoms with Gasteiger partial charge in [0.25, 0.3) is 5.91 Å².